The van der Waals surface area contributed by atoms with Gasteiger partial charge in [-0.15, -0.1) is 0 Å². The Bertz CT molecular complexity index is 695. The Morgan fingerprint density at radius 3 is 2.95 bits per heavy atom. The first kappa shape index (κ1) is 15.5. The fourth-order valence-electron chi connectivity index (χ4n) is 1.83. The van der Waals surface area contributed by atoms with Gasteiger partial charge in [0.05, 0.1) is 29.5 Å². The van der Waals surface area contributed by atoms with Gasteiger partial charge in [-0.05, 0) is 24.3 Å². The van der Waals surface area contributed by atoms with Crippen molar-refractivity contribution in [2.75, 3.05) is 30.9 Å². The lowest BCUT2D eigenvalue weighted by atomic mass is 10.2. The SMILES string of the molecule is COCCNc1cncc(C(=O)Nc2cccc(C#N)c2)c1. The van der Waals surface area contributed by atoms with Gasteiger partial charge in [0.1, 0.15) is 0 Å². The second kappa shape index (κ2) is 7.76. The van der Waals surface area contributed by atoms with Crippen molar-refractivity contribution in [1.82, 2.24) is 4.98 Å². The van der Waals surface area contributed by atoms with Crippen molar-refractivity contribution < 1.29 is 9.53 Å². The maximum absolute atomic E-state index is 12.2. The van der Waals surface area contributed by atoms with Crippen LogP contribution in [0.2, 0.25) is 0 Å². The van der Waals surface area contributed by atoms with E-state index in [1.54, 1.807) is 43.6 Å². The molecular weight excluding hydrogens is 280 g/mol. The molecule has 0 unspecified atom stereocenters. The molecule has 2 aromatic rings. The summed E-state index contributed by atoms with van der Waals surface area (Å²) in [5.74, 6) is -0.280. The van der Waals surface area contributed by atoms with Crippen molar-refractivity contribution >= 4 is 17.3 Å². The molecule has 0 bridgehead atoms. The zero-order valence-electron chi connectivity index (χ0n) is 12.2. The number of rotatable bonds is 6. The standard InChI is InChI=1S/C16H16N4O2/c1-22-6-5-19-15-8-13(10-18-11-15)16(21)20-14-4-2-3-12(7-14)9-17/h2-4,7-8,10-11,19H,5-6H2,1H3,(H,20,21). The summed E-state index contributed by atoms with van der Waals surface area (Å²) in [6, 6.07) is 10.5. The molecule has 0 aliphatic heterocycles. The topological polar surface area (TPSA) is 87.0 Å². The number of nitrogens with one attached hydrogen (secondary N) is 2. The van der Waals surface area contributed by atoms with Crippen LogP contribution in [-0.4, -0.2) is 31.2 Å². The predicted molar refractivity (Wildman–Crippen MR) is 83.7 cm³/mol. The van der Waals surface area contributed by atoms with E-state index in [1.807, 2.05) is 6.07 Å². The fourth-order valence-corrected chi connectivity index (χ4v) is 1.83. The maximum atomic E-state index is 12.2. The Morgan fingerprint density at radius 2 is 2.18 bits per heavy atom. The van der Waals surface area contributed by atoms with Crippen LogP contribution in [-0.2, 0) is 4.74 Å². The first-order valence-electron chi connectivity index (χ1n) is 6.72. The molecule has 6 nitrogen and oxygen atoms in total. The molecule has 1 amide bonds. The van der Waals surface area contributed by atoms with Gasteiger partial charge in [-0.25, -0.2) is 0 Å². The molecule has 2 N–H and O–H groups in total. The third-order valence-electron chi connectivity index (χ3n) is 2.89. The molecule has 0 saturated carbocycles. The Morgan fingerprint density at radius 1 is 1.32 bits per heavy atom. The molecule has 0 aliphatic carbocycles. The Balaban J connectivity index is 2.05. The summed E-state index contributed by atoms with van der Waals surface area (Å²) >= 11 is 0. The van der Waals surface area contributed by atoms with Crippen molar-refractivity contribution in [2.45, 2.75) is 0 Å². The van der Waals surface area contributed by atoms with Crippen LogP contribution < -0.4 is 10.6 Å². The van der Waals surface area contributed by atoms with Gasteiger partial charge < -0.3 is 15.4 Å². The molecule has 2 rings (SSSR count). The summed E-state index contributed by atoms with van der Waals surface area (Å²) in [4.78, 5) is 16.3. The van der Waals surface area contributed by atoms with Crippen LogP contribution in [0.5, 0.6) is 0 Å². The van der Waals surface area contributed by atoms with Crippen molar-refractivity contribution in [3.63, 3.8) is 0 Å². The Hall–Kier alpha value is -2.91. The van der Waals surface area contributed by atoms with Crippen molar-refractivity contribution in [3.05, 3.63) is 53.9 Å². The number of hydrogen-bond acceptors (Lipinski definition) is 5. The third-order valence-corrected chi connectivity index (χ3v) is 2.89. The lowest BCUT2D eigenvalue weighted by molar-refractivity contribution is 0.102. The van der Waals surface area contributed by atoms with E-state index in [0.717, 1.165) is 5.69 Å². The van der Waals surface area contributed by atoms with Crippen molar-refractivity contribution in [1.29, 1.82) is 5.26 Å². The normalized spacial score (nSPS) is 9.82. The largest absolute Gasteiger partial charge is 0.383 e. The zero-order chi connectivity index (χ0) is 15.8. The van der Waals surface area contributed by atoms with Crippen molar-refractivity contribution in [2.24, 2.45) is 0 Å². The van der Waals surface area contributed by atoms with E-state index in [2.05, 4.69) is 15.6 Å². The highest BCUT2D eigenvalue weighted by Crippen LogP contribution is 2.13. The van der Waals surface area contributed by atoms with E-state index in [1.165, 1.54) is 6.20 Å². The highest BCUT2D eigenvalue weighted by atomic mass is 16.5. The van der Waals surface area contributed by atoms with Crippen LogP contribution in [0.15, 0.2) is 42.7 Å². The summed E-state index contributed by atoms with van der Waals surface area (Å²) < 4.78 is 4.95. The number of methoxy groups -OCH3 is 1. The highest BCUT2D eigenvalue weighted by Gasteiger charge is 2.08. The van der Waals surface area contributed by atoms with Crippen LogP contribution in [0, 0.1) is 11.3 Å². The third kappa shape index (κ3) is 4.30. The number of nitriles is 1. The van der Waals surface area contributed by atoms with Gasteiger partial charge in [0.15, 0.2) is 0 Å². The molecule has 0 fully saturated rings. The number of nitrogens with zero attached hydrogens (tertiary/aromatic N) is 2. The molecule has 6 heteroatoms. The first-order valence-corrected chi connectivity index (χ1v) is 6.72. The number of anilines is 2. The molecule has 0 radical (unpaired) electrons. The fraction of sp³-hybridized carbons (Fsp3) is 0.188. The van der Waals surface area contributed by atoms with Crippen LogP contribution in [0.3, 0.4) is 0 Å². The molecule has 0 spiro atoms. The van der Waals surface area contributed by atoms with E-state index in [9.17, 15) is 4.79 Å². The molecule has 112 valence electrons. The smallest absolute Gasteiger partial charge is 0.257 e. The number of aromatic nitrogens is 1. The molecular formula is C16H16N4O2. The van der Waals surface area contributed by atoms with Gasteiger partial charge in [-0.3, -0.25) is 9.78 Å². The summed E-state index contributed by atoms with van der Waals surface area (Å²) in [6.45, 7) is 1.20. The molecule has 0 saturated heterocycles. The van der Waals surface area contributed by atoms with E-state index < -0.39 is 0 Å². The number of amides is 1. The minimum Gasteiger partial charge on any atom is -0.383 e. The Kier molecular flexibility index (Phi) is 5.46. The van der Waals surface area contributed by atoms with Crippen LogP contribution in [0.25, 0.3) is 0 Å². The predicted octanol–water partition coefficient (Wildman–Crippen LogP) is 2.26. The lowest BCUT2D eigenvalue weighted by Crippen LogP contribution is -2.13. The quantitative estimate of drug-likeness (QED) is 0.798. The molecule has 1 heterocycles. The van der Waals surface area contributed by atoms with Gasteiger partial charge in [0, 0.05) is 31.7 Å². The number of carbonyl (C=O) groups is 1. The monoisotopic (exact) mass is 296 g/mol. The van der Waals surface area contributed by atoms with Crippen LogP contribution >= 0.6 is 0 Å². The number of ether oxygens (including phenoxy) is 1. The first-order chi connectivity index (χ1) is 10.7. The molecule has 0 atom stereocenters. The molecule has 1 aromatic carbocycles. The van der Waals surface area contributed by atoms with Gasteiger partial charge in [0.25, 0.3) is 5.91 Å². The molecule has 22 heavy (non-hydrogen) atoms. The molecule has 1 aromatic heterocycles. The van der Waals surface area contributed by atoms with E-state index in [-0.39, 0.29) is 5.91 Å². The highest BCUT2D eigenvalue weighted by molar-refractivity contribution is 6.04. The summed E-state index contributed by atoms with van der Waals surface area (Å²) in [6.07, 6.45) is 3.13. The summed E-state index contributed by atoms with van der Waals surface area (Å²) in [7, 11) is 1.62. The second-order valence-corrected chi connectivity index (χ2v) is 4.53. The van der Waals surface area contributed by atoms with Gasteiger partial charge in [-0.1, -0.05) is 6.07 Å². The lowest BCUT2D eigenvalue weighted by Gasteiger charge is -2.08. The van der Waals surface area contributed by atoms with Gasteiger partial charge in [-0.2, -0.15) is 5.26 Å². The maximum Gasteiger partial charge on any atom is 0.257 e. The summed E-state index contributed by atoms with van der Waals surface area (Å²) in [5.41, 5.74) is 2.24. The van der Waals surface area contributed by atoms with Gasteiger partial charge >= 0.3 is 0 Å². The minimum atomic E-state index is -0.280. The number of hydrogen-bond donors (Lipinski definition) is 2. The average Bonchev–Trinajstić information content (AvgIpc) is 2.55. The van der Waals surface area contributed by atoms with E-state index in [0.29, 0.717) is 30.0 Å². The van der Waals surface area contributed by atoms with Crippen LogP contribution in [0.1, 0.15) is 15.9 Å². The molecule has 0 aliphatic rings. The van der Waals surface area contributed by atoms with Crippen LogP contribution in [0.4, 0.5) is 11.4 Å². The zero-order valence-corrected chi connectivity index (χ0v) is 12.2. The number of benzene rings is 1. The minimum absolute atomic E-state index is 0.280. The van der Waals surface area contributed by atoms with E-state index >= 15 is 0 Å². The average molecular weight is 296 g/mol. The second-order valence-electron chi connectivity index (χ2n) is 4.53. The van der Waals surface area contributed by atoms with Gasteiger partial charge in [0.2, 0.25) is 0 Å². The number of pyridine rings is 1. The van der Waals surface area contributed by atoms with Crippen molar-refractivity contribution in [3.8, 4) is 6.07 Å². The van der Waals surface area contributed by atoms with E-state index in [4.69, 9.17) is 10.00 Å². The number of carbonyl (C=O) groups excluding carboxylic acids is 1. The Labute approximate surface area is 128 Å². The summed E-state index contributed by atoms with van der Waals surface area (Å²) in [5, 5.41) is 14.7.